The molecule has 0 bridgehead atoms. The minimum Gasteiger partial charge on any atom is -0.507 e. The zero-order valence-electron chi connectivity index (χ0n) is 13.7. The van der Waals surface area contributed by atoms with Crippen molar-refractivity contribution in [3.05, 3.63) is 65.2 Å². The number of esters is 1. The van der Waals surface area contributed by atoms with E-state index in [4.69, 9.17) is 20.7 Å². The molecule has 2 rings (SSSR count). The molecule has 0 unspecified atom stereocenters. The number of phenols is 1. The number of rotatable bonds is 6. The Morgan fingerprint density at radius 1 is 1.23 bits per heavy atom. The van der Waals surface area contributed by atoms with E-state index in [1.165, 1.54) is 12.1 Å². The van der Waals surface area contributed by atoms with Crippen molar-refractivity contribution in [1.29, 1.82) is 0 Å². The molecule has 8 nitrogen and oxygen atoms in total. The third-order valence-corrected chi connectivity index (χ3v) is 3.06. The molecular formula is C18H18NO7. The fourth-order valence-electron chi connectivity index (χ4n) is 1.62. The Morgan fingerprint density at radius 2 is 1.88 bits per heavy atom. The van der Waals surface area contributed by atoms with Crippen molar-refractivity contribution in [3.63, 3.8) is 0 Å². The van der Waals surface area contributed by atoms with Crippen LogP contribution in [0.2, 0.25) is 0 Å². The lowest BCUT2D eigenvalue weighted by molar-refractivity contribution is -0.139. The number of benzene rings is 2. The van der Waals surface area contributed by atoms with Gasteiger partial charge in [-0.1, -0.05) is 18.2 Å². The summed E-state index contributed by atoms with van der Waals surface area (Å²) in [5, 5.41) is 25.2. The van der Waals surface area contributed by atoms with Gasteiger partial charge in [0.05, 0.1) is 17.7 Å². The predicted molar refractivity (Wildman–Crippen MR) is 90.6 cm³/mol. The lowest BCUT2D eigenvalue weighted by Crippen LogP contribution is -2.33. The summed E-state index contributed by atoms with van der Waals surface area (Å²) in [6.07, 6.45) is 0.549. The Morgan fingerprint density at radius 3 is 2.38 bits per heavy atom. The van der Waals surface area contributed by atoms with E-state index < -0.39 is 24.6 Å². The molecule has 1 radical (unpaired) electrons. The van der Waals surface area contributed by atoms with E-state index >= 15 is 0 Å². The SMILES string of the molecule is N[C@@H](CO)C(=O)O.O=Cc1cc(COC(=O)c2cc[c]cc2)ccc1O. The molecule has 2 aromatic carbocycles. The maximum absolute atomic E-state index is 11.7. The number of nitrogens with two attached hydrogens (primary N) is 1. The smallest absolute Gasteiger partial charge is 0.338 e. The zero-order chi connectivity index (χ0) is 19.5. The average Bonchev–Trinajstić information content (AvgIpc) is 2.67. The molecule has 5 N–H and O–H groups in total. The second kappa shape index (κ2) is 10.6. The van der Waals surface area contributed by atoms with Gasteiger partial charge in [-0.2, -0.15) is 0 Å². The fraction of sp³-hybridized carbons (Fsp3) is 0.167. The molecule has 137 valence electrons. The van der Waals surface area contributed by atoms with E-state index in [9.17, 15) is 19.5 Å². The van der Waals surface area contributed by atoms with Gasteiger partial charge in [0.25, 0.3) is 0 Å². The van der Waals surface area contributed by atoms with Crippen LogP contribution in [0.15, 0.2) is 42.5 Å². The van der Waals surface area contributed by atoms with Gasteiger partial charge in [-0.3, -0.25) is 9.59 Å². The van der Waals surface area contributed by atoms with E-state index in [1.54, 1.807) is 30.3 Å². The molecule has 0 fully saturated rings. The number of aliphatic hydroxyl groups is 1. The van der Waals surface area contributed by atoms with Crippen LogP contribution in [-0.4, -0.2) is 46.2 Å². The Labute approximate surface area is 149 Å². The van der Waals surface area contributed by atoms with Crippen molar-refractivity contribution in [2.45, 2.75) is 12.6 Å². The first-order valence-electron chi connectivity index (χ1n) is 7.38. The van der Waals surface area contributed by atoms with Crippen LogP contribution in [0.5, 0.6) is 5.75 Å². The Balaban J connectivity index is 0.000000412. The standard InChI is InChI=1S/C15H11O4.C3H7NO3/c16-9-13-8-11(6-7-14(13)17)10-19-15(18)12-4-2-1-3-5-12;4-2(1-5)3(6)7/h2-9,17H,10H2;2,5H,1,4H2,(H,6,7)/t;2-/m.0/s1. The molecule has 0 aliphatic carbocycles. The molecule has 1 atom stereocenters. The third kappa shape index (κ3) is 6.71. The Kier molecular flexibility index (Phi) is 8.48. The van der Waals surface area contributed by atoms with Crippen LogP contribution >= 0.6 is 0 Å². The number of aldehydes is 1. The molecule has 0 aliphatic rings. The lowest BCUT2D eigenvalue weighted by Gasteiger charge is -2.06. The monoisotopic (exact) mass is 360 g/mol. The fourth-order valence-corrected chi connectivity index (χ4v) is 1.62. The largest absolute Gasteiger partial charge is 0.507 e. The molecular weight excluding hydrogens is 342 g/mol. The van der Waals surface area contributed by atoms with Crippen LogP contribution in [0, 0.1) is 6.07 Å². The van der Waals surface area contributed by atoms with E-state index in [-0.39, 0.29) is 17.9 Å². The minimum atomic E-state index is -1.18. The first-order valence-corrected chi connectivity index (χ1v) is 7.38. The number of hydrogen-bond donors (Lipinski definition) is 4. The first-order chi connectivity index (χ1) is 12.4. The number of aliphatic carboxylic acids is 1. The van der Waals surface area contributed by atoms with Gasteiger partial charge in [-0.15, -0.1) is 0 Å². The summed E-state index contributed by atoms with van der Waals surface area (Å²) >= 11 is 0. The van der Waals surface area contributed by atoms with Crippen LogP contribution in [0.25, 0.3) is 0 Å². The second-order valence-corrected chi connectivity index (χ2v) is 5.00. The summed E-state index contributed by atoms with van der Waals surface area (Å²) in [4.78, 5) is 32.0. The highest BCUT2D eigenvalue weighted by atomic mass is 16.5. The molecule has 0 aliphatic heterocycles. The van der Waals surface area contributed by atoms with E-state index in [2.05, 4.69) is 6.07 Å². The normalized spacial score (nSPS) is 10.8. The molecule has 26 heavy (non-hydrogen) atoms. The van der Waals surface area contributed by atoms with Gasteiger partial charge in [0.15, 0.2) is 6.29 Å². The van der Waals surface area contributed by atoms with Gasteiger partial charge in [0, 0.05) is 0 Å². The zero-order valence-corrected chi connectivity index (χ0v) is 13.7. The first kappa shape index (κ1) is 20.8. The number of ether oxygens (including phenoxy) is 1. The van der Waals surface area contributed by atoms with Crippen molar-refractivity contribution < 1.29 is 34.4 Å². The molecule has 0 saturated carbocycles. The van der Waals surface area contributed by atoms with Crippen molar-refractivity contribution in [1.82, 2.24) is 0 Å². The maximum Gasteiger partial charge on any atom is 0.338 e. The van der Waals surface area contributed by atoms with Crippen molar-refractivity contribution in [2.75, 3.05) is 6.61 Å². The topological polar surface area (TPSA) is 147 Å². The van der Waals surface area contributed by atoms with Crippen LogP contribution in [0.3, 0.4) is 0 Å². The Hall–Kier alpha value is -3.23. The van der Waals surface area contributed by atoms with Gasteiger partial charge in [0.1, 0.15) is 18.4 Å². The summed E-state index contributed by atoms with van der Waals surface area (Å²) in [5.41, 5.74) is 6.01. The summed E-state index contributed by atoms with van der Waals surface area (Å²) < 4.78 is 5.10. The van der Waals surface area contributed by atoms with Crippen LogP contribution in [0.4, 0.5) is 0 Å². The molecule has 2 aromatic rings. The number of aromatic hydroxyl groups is 1. The maximum atomic E-state index is 11.7. The van der Waals surface area contributed by atoms with E-state index in [0.717, 1.165) is 0 Å². The van der Waals surface area contributed by atoms with Crippen molar-refractivity contribution >= 4 is 18.2 Å². The molecule has 8 heteroatoms. The summed E-state index contributed by atoms with van der Waals surface area (Å²) in [6.45, 7) is -0.464. The van der Waals surface area contributed by atoms with Crippen molar-refractivity contribution in [2.24, 2.45) is 5.73 Å². The summed E-state index contributed by atoms with van der Waals surface area (Å²) in [6, 6.07) is 12.6. The number of carboxylic acid groups (broad SMARTS) is 1. The van der Waals surface area contributed by atoms with Gasteiger partial charge < -0.3 is 25.8 Å². The quantitative estimate of drug-likeness (QED) is 0.436. The van der Waals surface area contributed by atoms with Crippen LogP contribution < -0.4 is 5.73 Å². The van der Waals surface area contributed by atoms with E-state index in [0.29, 0.717) is 17.4 Å². The van der Waals surface area contributed by atoms with Gasteiger partial charge in [0.2, 0.25) is 0 Å². The third-order valence-electron chi connectivity index (χ3n) is 3.06. The molecule has 0 amide bonds. The highest BCUT2D eigenvalue weighted by molar-refractivity contribution is 5.89. The number of carboxylic acids is 1. The van der Waals surface area contributed by atoms with Gasteiger partial charge in [-0.05, 0) is 35.9 Å². The molecule has 0 heterocycles. The highest BCUT2D eigenvalue weighted by Crippen LogP contribution is 2.17. The summed E-state index contributed by atoms with van der Waals surface area (Å²) in [7, 11) is 0. The number of phenolic OH excluding ortho intramolecular Hbond substituents is 1. The highest BCUT2D eigenvalue weighted by Gasteiger charge is 2.08. The second-order valence-electron chi connectivity index (χ2n) is 5.00. The molecule has 0 spiro atoms. The van der Waals surface area contributed by atoms with Crippen LogP contribution in [-0.2, 0) is 16.1 Å². The molecule has 0 aromatic heterocycles. The number of carbonyl (C=O) groups is 3. The van der Waals surface area contributed by atoms with Gasteiger partial charge >= 0.3 is 11.9 Å². The van der Waals surface area contributed by atoms with E-state index in [1.807, 2.05) is 0 Å². The average molecular weight is 360 g/mol. The molecule has 0 saturated heterocycles. The van der Waals surface area contributed by atoms with Gasteiger partial charge in [-0.25, -0.2) is 4.79 Å². The number of hydrogen-bond acceptors (Lipinski definition) is 7. The minimum absolute atomic E-state index is 0.0402. The number of aliphatic hydroxyl groups excluding tert-OH is 1. The predicted octanol–water partition coefficient (Wildman–Crippen LogP) is 0.752. The summed E-state index contributed by atoms with van der Waals surface area (Å²) in [5.74, 6) is -1.72. The van der Waals surface area contributed by atoms with Crippen LogP contribution in [0.1, 0.15) is 26.3 Å². The number of carbonyl (C=O) groups excluding carboxylic acids is 2. The lowest BCUT2D eigenvalue weighted by atomic mass is 10.1. The Bertz CT molecular complexity index is 746. The van der Waals surface area contributed by atoms with Crippen molar-refractivity contribution in [3.8, 4) is 5.75 Å².